The Bertz CT molecular complexity index is 2100. The molecule has 1 radical (unpaired) electrons. The molecule has 359 valence electrons. The summed E-state index contributed by atoms with van der Waals surface area (Å²) in [6.07, 6.45) is -13.1. The van der Waals surface area contributed by atoms with Crippen molar-refractivity contribution < 1.29 is 71.6 Å². The van der Waals surface area contributed by atoms with E-state index in [1.807, 2.05) is 24.6 Å². The van der Waals surface area contributed by atoms with Gasteiger partial charge in [0.25, 0.3) is 0 Å². The van der Waals surface area contributed by atoms with Crippen LogP contribution in [0.2, 0.25) is 0 Å². The molecule has 1 aliphatic carbocycles. The molecule has 15 heteroatoms. The standard InChI is InChI=1S/C46H58N2O2.C4F9O.Co/c1-43(2,3)35-25-31(41(49)37(27-35)45(7,8)33-19-13-11-14-20-33)29-47-39-23-17-18-24-40(39)48-30-32-26-36(44(4,5)6)28-38(42(32)50)46(9,10)34-21-15-12-16-22-34;5-2(6,7)1(14,3(8,9)10)4(11,12)13;/h11-16,19-22,25-30,39-40,49-50H,17-18,23-24H2,1-10H3;;/q;-1;/t39-,40-;;/m1../s1. The quantitative estimate of drug-likeness (QED) is 0.136. The minimum atomic E-state index is -6.98. The molecule has 5 nitrogen and oxygen atoms in total. The van der Waals surface area contributed by atoms with E-state index in [0.717, 1.165) is 70.2 Å². The van der Waals surface area contributed by atoms with Crippen molar-refractivity contribution in [2.24, 2.45) is 9.98 Å². The van der Waals surface area contributed by atoms with Gasteiger partial charge in [-0.05, 0) is 58.1 Å². The van der Waals surface area contributed by atoms with E-state index in [1.165, 1.54) is 0 Å². The molecule has 1 fully saturated rings. The summed E-state index contributed by atoms with van der Waals surface area (Å²) in [6, 6.07) is 29.3. The van der Waals surface area contributed by atoms with Crippen LogP contribution in [0.4, 0.5) is 39.5 Å². The maximum Gasteiger partial charge on any atom is 0.397 e. The summed E-state index contributed by atoms with van der Waals surface area (Å²) in [4.78, 5) is 10.3. The Balaban J connectivity index is 0.000000646. The number of phenols is 2. The van der Waals surface area contributed by atoms with Crippen LogP contribution in [0.1, 0.15) is 139 Å². The van der Waals surface area contributed by atoms with Gasteiger partial charge in [-0.3, -0.25) is 9.98 Å². The molecule has 4 aromatic rings. The third-order valence-corrected chi connectivity index (χ3v) is 12.1. The summed E-state index contributed by atoms with van der Waals surface area (Å²) >= 11 is 0. The zero-order valence-electron chi connectivity index (χ0n) is 38.2. The summed E-state index contributed by atoms with van der Waals surface area (Å²) in [6.45, 7) is 22.0. The number of hydrogen-bond donors (Lipinski definition) is 2. The topological polar surface area (TPSA) is 88.2 Å². The second kappa shape index (κ2) is 19.9. The number of alkyl halides is 9. The van der Waals surface area contributed by atoms with Crippen molar-refractivity contribution in [2.75, 3.05) is 0 Å². The average molecular weight is 965 g/mol. The zero-order chi connectivity index (χ0) is 48.5. The van der Waals surface area contributed by atoms with Crippen molar-refractivity contribution in [1.29, 1.82) is 0 Å². The number of hydrogen-bond acceptors (Lipinski definition) is 5. The zero-order valence-corrected chi connectivity index (χ0v) is 39.2. The molecule has 0 heterocycles. The number of aromatic hydroxyl groups is 2. The Morgan fingerprint density at radius 1 is 0.492 bits per heavy atom. The Hall–Kier alpha value is -4.34. The first-order chi connectivity index (χ1) is 29.2. The van der Waals surface area contributed by atoms with Gasteiger partial charge in [0, 0.05) is 62.3 Å². The fourth-order valence-electron chi connectivity index (χ4n) is 7.62. The molecular formula is C50H58CoF9N2O3-. The number of phenolic OH excluding ortho intramolecular Hbond substituents is 2. The van der Waals surface area contributed by atoms with Crippen LogP contribution in [0.3, 0.4) is 0 Å². The number of nitrogens with zero attached hydrogens (tertiary/aromatic N) is 2. The van der Waals surface area contributed by atoms with Crippen molar-refractivity contribution in [2.45, 2.75) is 153 Å². The molecule has 5 rings (SSSR count). The molecule has 1 aliphatic rings. The van der Waals surface area contributed by atoms with Gasteiger partial charge in [0.15, 0.2) is 5.60 Å². The first kappa shape index (κ1) is 55.0. The number of aliphatic imine (C=N–C) groups is 2. The van der Waals surface area contributed by atoms with Crippen LogP contribution < -0.4 is 5.11 Å². The summed E-state index contributed by atoms with van der Waals surface area (Å²) in [5.74, 6) is 0.563. The van der Waals surface area contributed by atoms with Gasteiger partial charge in [0.2, 0.25) is 0 Å². The summed E-state index contributed by atoms with van der Waals surface area (Å²) in [5, 5.41) is 33.3. The Morgan fingerprint density at radius 2 is 0.785 bits per heavy atom. The van der Waals surface area contributed by atoms with Gasteiger partial charge in [-0.15, -0.1) is 0 Å². The third-order valence-electron chi connectivity index (χ3n) is 12.1. The van der Waals surface area contributed by atoms with Crippen LogP contribution in [0.25, 0.3) is 0 Å². The normalized spacial score (nSPS) is 17.2. The minimum absolute atomic E-state index is 0. The molecule has 1 saturated carbocycles. The predicted molar refractivity (Wildman–Crippen MR) is 233 cm³/mol. The molecule has 4 aromatic carbocycles. The molecule has 65 heavy (non-hydrogen) atoms. The van der Waals surface area contributed by atoms with Gasteiger partial charge < -0.3 is 15.3 Å². The van der Waals surface area contributed by atoms with Crippen molar-refractivity contribution >= 4 is 12.4 Å². The van der Waals surface area contributed by atoms with E-state index in [-0.39, 0.29) is 51.2 Å². The van der Waals surface area contributed by atoms with Gasteiger partial charge in [0.1, 0.15) is 11.5 Å². The molecule has 0 saturated heterocycles. The Morgan fingerprint density at radius 3 is 1.03 bits per heavy atom. The maximum absolute atomic E-state index is 11.8. The summed E-state index contributed by atoms with van der Waals surface area (Å²) < 4.78 is 102. The van der Waals surface area contributed by atoms with Gasteiger partial charge >= 0.3 is 18.5 Å². The van der Waals surface area contributed by atoms with Crippen molar-refractivity contribution in [1.82, 2.24) is 0 Å². The predicted octanol–water partition coefficient (Wildman–Crippen LogP) is 13.0. The number of benzene rings is 4. The average Bonchev–Trinajstić information content (AvgIpc) is 3.18. The fourth-order valence-corrected chi connectivity index (χ4v) is 7.62. The first-order valence-corrected chi connectivity index (χ1v) is 21.0. The summed E-state index contributed by atoms with van der Waals surface area (Å²) in [7, 11) is 0. The molecule has 0 spiro atoms. The molecule has 0 aromatic heterocycles. The van der Waals surface area contributed by atoms with E-state index in [4.69, 9.17) is 9.98 Å². The van der Waals surface area contributed by atoms with Crippen LogP contribution in [-0.4, -0.2) is 58.9 Å². The molecule has 0 unspecified atom stereocenters. The van der Waals surface area contributed by atoms with Crippen molar-refractivity contribution in [3.8, 4) is 11.5 Å². The molecular weight excluding hydrogens is 906 g/mol. The molecule has 0 bridgehead atoms. The van der Waals surface area contributed by atoms with Gasteiger partial charge in [-0.25, -0.2) is 0 Å². The van der Waals surface area contributed by atoms with Gasteiger partial charge in [-0.2, -0.15) is 39.5 Å². The van der Waals surface area contributed by atoms with Crippen molar-refractivity contribution in [3.05, 3.63) is 129 Å². The molecule has 0 amide bonds. The maximum atomic E-state index is 11.8. The monoisotopic (exact) mass is 964 g/mol. The second-order valence-electron chi connectivity index (χ2n) is 19.6. The number of rotatable bonds is 8. The molecule has 2 N–H and O–H groups in total. The van der Waals surface area contributed by atoms with Crippen LogP contribution in [0.15, 0.2) is 94.9 Å². The van der Waals surface area contributed by atoms with Crippen LogP contribution in [0.5, 0.6) is 11.5 Å². The summed E-state index contributed by atoms with van der Waals surface area (Å²) in [5.41, 5.74) is -0.0173. The van der Waals surface area contributed by atoms with Gasteiger partial charge in [0.05, 0.1) is 12.1 Å². The Labute approximate surface area is 386 Å². The van der Waals surface area contributed by atoms with Crippen molar-refractivity contribution in [3.63, 3.8) is 0 Å². The van der Waals surface area contributed by atoms with Gasteiger partial charge in [-0.1, -0.05) is 155 Å². The third kappa shape index (κ3) is 12.2. The van der Waals surface area contributed by atoms with E-state index in [0.29, 0.717) is 0 Å². The van der Waals surface area contributed by atoms with Crippen LogP contribution >= 0.6 is 0 Å². The van der Waals surface area contributed by atoms with E-state index in [2.05, 4.69) is 142 Å². The van der Waals surface area contributed by atoms with E-state index in [9.17, 15) is 54.8 Å². The Kier molecular flexibility index (Phi) is 16.8. The van der Waals surface area contributed by atoms with E-state index in [1.54, 1.807) is 0 Å². The first-order valence-electron chi connectivity index (χ1n) is 21.0. The smallest absolute Gasteiger partial charge is 0.397 e. The fraction of sp³-hybridized carbons (Fsp3) is 0.480. The second-order valence-corrected chi connectivity index (χ2v) is 19.6. The number of halogens is 9. The molecule has 0 aliphatic heterocycles. The SMILES string of the molecule is CC(C)(C)c1cc(C=N[C@@H]2CCCC[C@H]2N=Cc2cc(C(C)(C)C)cc(C(C)(C)c3ccccc3)c2O)c(O)c(C(C)(C)c2ccccc2)c1.[Co].[O-]C(C(F)(F)F)(C(F)(F)F)C(F)(F)F. The van der Waals surface area contributed by atoms with Crippen LogP contribution in [0, 0.1) is 0 Å². The largest absolute Gasteiger partial charge is 0.830 e. The van der Waals surface area contributed by atoms with Crippen LogP contribution in [-0.2, 0) is 38.4 Å². The van der Waals surface area contributed by atoms with E-state index >= 15 is 0 Å². The van der Waals surface area contributed by atoms with E-state index < -0.39 is 35.0 Å². The minimum Gasteiger partial charge on any atom is -0.830 e. The molecule has 2 atom stereocenters.